The Morgan fingerprint density at radius 2 is 2.50 bits per heavy atom. The fraction of sp³-hybridized carbons (Fsp3) is 0.800. The average molecular weight is 161 g/mol. The van der Waals surface area contributed by atoms with Gasteiger partial charge in [-0.3, -0.25) is 4.90 Å². The molecule has 0 unspecified atom stereocenters. The molecule has 0 aromatic heterocycles. The molecule has 1 heterocycles. The molecule has 2 N–H and O–H groups in total. The maximum atomic E-state index is 8.75. The predicted molar refractivity (Wildman–Crippen MR) is 42.2 cm³/mol. The van der Waals surface area contributed by atoms with E-state index in [1.165, 1.54) is 0 Å². The van der Waals surface area contributed by atoms with Crippen LogP contribution < -0.4 is 5.32 Å². The van der Waals surface area contributed by atoms with Gasteiger partial charge >= 0.3 is 0 Å². The number of hydrogen-bond donors (Lipinski definition) is 2. The number of thiocarbonyl (C=S) groups is 1. The van der Waals surface area contributed by atoms with E-state index >= 15 is 0 Å². The monoisotopic (exact) mass is 161 g/mol. The summed E-state index contributed by atoms with van der Waals surface area (Å²) < 4.78 is 0. The minimum atomic E-state index is -0.0177. The minimum absolute atomic E-state index is 0.0177. The molecule has 1 aliphatic rings. The van der Waals surface area contributed by atoms with Gasteiger partial charge in [0.25, 0.3) is 0 Å². The molecule has 1 rings (SSSR count). The molecule has 0 bridgehead atoms. The van der Waals surface area contributed by atoms with Gasteiger partial charge in [-0.1, -0.05) is 0 Å². The van der Waals surface area contributed by atoms with Crippen LogP contribution in [0.1, 0.15) is 0 Å². The first-order valence-electron chi connectivity index (χ1n) is 3.06. The van der Waals surface area contributed by atoms with Crippen LogP contribution in [0.3, 0.4) is 0 Å². The van der Waals surface area contributed by atoms with Crippen molar-refractivity contribution in [1.29, 1.82) is 0 Å². The van der Waals surface area contributed by atoms with Crippen LogP contribution in [0.2, 0.25) is 0 Å². The highest BCUT2D eigenvalue weighted by Crippen LogP contribution is 1.96. The highest BCUT2D eigenvalue weighted by molar-refractivity contribution is 7.80. The molecule has 58 valence electrons. The molecule has 0 atom stereocenters. The fourth-order valence-corrected chi connectivity index (χ4v) is 1.01. The number of rotatable bonds is 1. The molecular formula is C5H11N3OS. The summed E-state index contributed by atoms with van der Waals surface area (Å²) in [6.07, 6.45) is 0. The van der Waals surface area contributed by atoms with Gasteiger partial charge in [-0.25, -0.2) is 0 Å². The van der Waals surface area contributed by atoms with E-state index in [0.29, 0.717) is 11.8 Å². The molecule has 10 heavy (non-hydrogen) atoms. The lowest BCUT2D eigenvalue weighted by atomic mass is 10.6. The maximum Gasteiger partial charge on any atom is 0.172 e. The van der Waals surface area contributed by atoms with Crippen LogP contribution in [0.4, 0.5) is 0 Å². The Labute approximate surface area is 65.4 Å². The van der Waals surface area contributed by atoms with Crippen molar-refractivity contribution < 1.29 is 5.11 Å². The van der Waals surface area contributed by atoms with Crippen molar-refractivity contribution in [1.82, 2.24) is 15.1 Å². The second-order valence-electron chi connectivity index (χ2n) is 2.32. The highest BCUT2D eigenvalue weighted by atomic mass is 32.1. The first-order valence-corrected chi connectivity index (χ1v) is 3.47. The van der Waals surface area contributed by atoms with Crippen molar-refractivity contribution in [3.05, 3.63) is 0 Å². The first kappa shape index (κ1) is 7.71. The first-order chi connectivity index (χ1) is 4.74. The van der Waals surface area contributed by atoms with Crippen LogP contribution in [0.5, 0.6) is 0 Å². The Bertz CT molecular complexity index is 141. The third-order valence-electron chi connectivity index (χ3n) is 1.37. The Balaban J connectivity index is 2.45. The van der Waals surface area contributed by atoms with Gasteiger partial charge < -0.3 is 15.3 Å². The number of aliphatic hydroxyl groups excluding tert-OH is 1. The van der Waals surface area contributed by atoms with Crippen LogP contribution in [0, 0.1) is 0 Å². The summed E-state index contributed by atoms with van der Waals surface area (Å²) in [7, 11) is 1.96. The maximum absolute atomic E-state index is 8.75. The lowest BCUT2D eigenvalue weighted by Gasteiger charge is -2.34. The van der Waals surface area contributed by atoms with E-state index in [4.69, 9.17) is 17.3 Å². The van der Waals surface area contributed by atoms with Gasteiger partial charge in [0.05, 0.1) is 13.3 Å². The largest absolute Gasteiger partial charge is 0.376 e. The van der Waals surface area contributed by atoms with Gasteiger partial charge in [0.2, 0.25) is 0 Å². The Kier molecular flexibility index (Phi) is 2.42. The molecule has 0 aliphatic carbocycles. The van der Waals surface area contributed by atoms with E-state index in [9.17, 15) is 0 Å². The Hall–Kier alpha value is -0.390. The summed E-state index contributed by atoms with van der Waals surface area (Å²) >= 11 is 4.91. The van der Waals surface area contributed by atoms with Crippen molar-refractivity contribution in [2.45, 2.75) is 0 Å². The molecular weight excluding hydrogens is 150 g/mol. The summed E-state index contributed by atoms with van der Waals surface area (Å²) in [6, 6.07) is 0. The smallest absolute Gasteiger partial charge is 0.172 e. The van der Waals surface area contributed by atoms with Crippen LogP contribution in [-0.2, 0) is 0 Å². The van der Waals surface area contributed by atoms with E-state index in [1.54, 1.807) is 4.90 Å². The fourth-order valence-electron chi connectivity index (χ4n) is 0.829. The number of hydrogen-bond acceptors (Lipinski definition) is 3. The topological polar surface area (TPSA) is 38.7 Å². The van der Waals surface area contributed by atoms with Crippen LogP contribution in [0.15, 0.2) is 0 Å². The zero-order chi connectivity index (χ0) is 7.56. The van der Waals surface area contributed by atoms with Crippen molar-refractivity contribution in [3.63, 3.8) is 0 Å². The van der Waals surface area contributed by atoms with E-state index in [0.717, 1.165) is 6.67 Å². The number of nitrogens with one attached hydrogen (secondary N) is 1. The van der Waals surface area contributed by atoms with Crippen molar-refractivity contribution in [2.75, 3.05) is 27.1 Å². The molecule has 0 aromatic rings. The van der Waals surface area contributed by atoms with Crippen molar-refractivity contribution in [2.24, 2.45) is 0 Å². The molecule has 1 aliphatic heterocycles. The average Bonchev–Trinajstić information content (AvgIpc) is 1.94. The number of nitrogens with zero attached hydrogens (tertiary/aromatic N) is 2. The van der Waals surface area contributed by atoms with E-state index < -0.39 is 0 Å². The molecule has 0 radical (unpaired) electrons. The molecule has 0 amide bonds. The molecule has 0 aromatic carbocycles. The molecule has 0 saturated carbocycles. The van der Waals surface area contributed by atoms with Crippen LogP contribution in [0.25, 0.3) is 0 Å². The predicted octanol–water partition coefficient (Wildman–Crippen LogP) is -1.03. The second kappa shape index (κ2) is 3.14. The SMILES string of the molecule is CN1CNC(=S)N(CO)C1. The van der Waals surface area contributed by atoms with Crippen LogP contribution >= 0.6 is 12.2 Å². The summed E-state index contributed by atoms with van der Waals surface area (Å²) in [5, 5.41) is 12.3. The van der Waals surface area contributed by atoms with Gasteiger partial charge in [0.15, 0.2) is 5.11 Å². The molecule has 1 fully saturated rings. The lowest BCUT2D eigenvalue weighted by molar-refractivity contribution is 0.0967. The minimum Gasteiger partial charge on any atom is -0.376 e. The standard InChI is InChI=1S/C5H11N3OS/c1-7-2-6-5(10)8(3-7)4-9/h9H,2-4H2,1H3,(H,6,10). The second-order valence-corrected chi connectivity index (χ2v) is 2.71. The van der Waals surface area contributed by atoms with Gasteiger partial charge in [-0.2, -0.15) is 0 Å². The van der Waals surface area contributed by atoms with Gasteiger partial charge in [-0.05, 0) is 19.3 Å². The summed E-state index contributed by atoms with van der Waals surface area (Å²) in [4.78, 5) is 3.70. The van der Waals surface area contributed by atoms with Crippen molar-refractivity contribution in [3.8, 4) is 0 Å². The zero-order valence-corrected chi connectivity index (χ0v) is 6.69. The van der Waals surface area contributed by atoms with Gasteiger partial charge in [-0.15, -0.1) is 0 Å². The third-order valence-corrected chi connectivity index (χ3v) is 1.77. The Morgan fingerprint density at radius 3 is 3.00 bits per heavy atom. The highest BCUT2D eigenvalue weighted by Gasteiger charge is 2.15. The van der Waals surface area contributed by atoms with Crippen molar-refractivity contribution >= 4 is 17.3 Å². The molecule has 5 heteroatoms. The molecule has 1 saturated heterocycles. The lowest BCUT2D eigenvalue weighted by Crippen LogP contribution is -2.54. The zero-order valence-electron chi connectivity index (χ0n) is 5.87. The van der Waals surface area contributed by atoms with Gasteiger partial charge in [0.1, 0.15) is 6.73 Å². The molecule has 0 spiro atoms. The number of aliphatic hydroxyl groups is 1. The Morgan fingerprint density at radius 1 is 1.80 bits per heavy atom. The third kappa shape index (κ3) is 1.56. The molecule has 4 nitrogen and oxygen atoms in total. The van der Waals surface area contributed by atoms with Gasteiger partial charge in [0, 0.05) is 0 Å². The van der Waals surface area contributed by atoms with E-state index in [1.807, 2.05) is 11.9 Å². The van der Waals surface area contributed by atoms with E-state index in [-0.39, 0.29) is 6.73 Å². The summed E-state index contributed by atoms with van der Waals surface area (Å²) in [6.45, 7) is 1.44. The summed E-state index contributed by atoms with van der Waals surface area (Å²) in [5.41, 5.74) is 0. The summed E-state index contributed by atoms with van der Waals surface area (Å²) in [5.74, 6) is 0. The van der Waals surface area contributed by atoms with Crippen LogP contribution in [-0.4, -0.2) is 47.1 Å². The normalized spacial score (nSPS) is 21.0. The van der Waals surface area contributed by atoms with E-state index in [2.05, 4.69) is 5.32 Å². The quantitative estimate of drug-likeness (QED) is 0.481.